The molecule has 0 atom stereocenters. The van der Waals surface area contributed by atoms with E-state index < -0.39 is 21.4 Å². The van der Waals surface area contributed by atoms with E-state index in [1.54, 1.807) is 6.07 Å². The van der Waals surface area contributed by atoms with Crippen molar-refractivity contribution >= 4 is 10.0 Å². The normalized spacial score (nSPS) is 11.2. The second-order valence-electron chi connectivity index (χ2n) is 3.48. The van der Waals surface area contributed by atoms with E-state index in [9.17, 15) is 12.8 Å². The summed E-state index contributed by atoms with van der Waals surface area (Å²) in [7, 11) is -3.86. The molecule has 7 heteroatoms. The van der Waals surface area contributed by atoms with E-state index >= 15 is 0 Å². The van der Waals surface area contributed by atoms with Gasteiger partial charge in [-0.15, -0.1) is 0 Å². The van der Waals surface area contributed by atoms with E-state index in [0.29, 0.717) is 6.54 Å². The lowest BCUT2D eigenvalue weighted by Crippen LogP contribution is -2.32. The van der Waals surface area contributed by atoms with Crippen LogP contribution in [0.2, 0.25) is 0 Å². The van der Waals surface area contributed by atoms with Crippen LogP contribution in [0.25, 0.3) is 0 Å². The van der Waals surface area contributed by atoms with Gasteiger partial charge in [-0.3, -0.25) is 0 Å². The summed E-state index contributed by atoms with van der Waals surface area (Å²) in [5.74, 6) is -0.841. The van der Waals surface area contributed by atoms with Crippen molar-refractivity contribution in [2.24, 2.45) is 0 Å². The summed E-state index contributed by atoms with van der Waals surface area (Å²) in [5, 5.41) is 11.7. The largest absolute Gasteiger partial charge is 0.316 e. The molecule has 1 aromatic rings. The second kappa shape index (κ2) is 6.44. The highest BCUT2D eigenvalue weighted by atomic mass is 32.2. The van der Waals surface area contributed by atoms with Crippen LogP contribution in [0.1, 0.15) is 12.5 Å². The smallest absolute Gasteiger partial charge is 0.242 e. The first-order valence-corrected chi connectivity index (χ1v) is 6.90. The first-order chi connectivity index (χ1) is 8.53. The number of benzene rings is 1. The first-order valence-electron chi connectivity index (χ1n) is 5.42. The summed E-state index contributed by atoms with van der Waals surface area (Å²) in [6.07, 6.45) is 0. The number of nitrogens with one attached hydrogen (secondary N) is 2. The van der Waals surface area contributed by atoms with Crippen LogP contribution in [0.15, 0.2) is 23.1 Å². The summed E-state index contributed by atoms with van der Waals surface area (Å²) in [6.45, 7) is 3.27. The van der Waals surface area contributed by atoms with Gasteiger partial charge in [0, 0.05) is 13.1 Å². The van der Waals surface area contributed by atoms with Gasteiger partial charge in [0.25, 0.3) is 0 Å². The molecule has 1 aromatic carbocycles. The Bertz CT molecular complexity index is 552. The van der Waals surface area contributed by atoms with Crippen molar-refractivity contribution in [3.63, 3.8) is 0 Å². The van der Waals surface area contributed by atoms with E-state index in [-0.39, 0.29) is 11.4 Å². The molecule has 18 heavy (non-hydrogen) atoms. The van der Waals surface area contributed by atoms with Crippen LogP contribution in [-0.2, 0) is 10.0 Å². The first kappa shape index (κ1) is 14.6. The highest BCUT2D eigenvalue weighted by molar-refractivity contribution is 7.89. The third-order valence-electron chi connectivity index (χ3n) is 2.22. The molecular weight excluding hydrogens is 257 g/mol. The molecule has 0 amide bonds. The van der Waals surface area contributed by atoms with Crippen LogP contribution >= 0.6 is 0 Å². The number of hydrogen-bond acceptors (Lipinski definition) is 4. The Morgan fingerprint density at radius 1 is 1.39 bits per heavy atom. The minimum Gasteiger partial charge on any atom is -0.316 e. The summed E-state index contributed by atoms with van der Waals surface area (Å²) in [5.41, 5.74) is -0.464. The number of sulfonamides is 1. The minimum absolute atomic E-state index is 0.178. The van der Waals surface area contributed by atoms with Gasteiger partial charge in [-0.05, 0) is 18.7 Å². The number of nitriles is 1. The number of halogens is 1. The molecule has 1 rings (SSSR count). The van der Waals surface area contributed by atoms with E-state index in [4.69, 9.17) is 5.26 Å². The maximum atomic E-state index is 13.3. The predicted molar refractivity (Wildman–Crippen MR) is 64.8 cm³/mol. The zero-order valence-corrected chi connectivity index (χ0v) is 10.7. The molecule has 0 spiro atoms. The summed E-state index contributed by atoms with van der Waals surface area (Å²) in [6, 6.07) is 5.08. The van der Waals surface area contributed by atoms with Crippen molar-refractivity contribution < 1.29 is 12.8 Å². The fourth-order valence-corrected chi connectivity index (χ4v) is 2.56. The summed E-state index contributed by atoms with van der Waals surface area (Å²) < 4.78 is 39.3. The molecule has 0 aliphatic rings. The van der Waals surface area contributed by atoms with Crippen LogP contribution < -0.4 is 10.0 Å². The molecule has 0 unspecified atom stereocenters. The molecule has 0 aliphatic heterocycles. The average Bonchev–Trinajstić information content (AvgIpc) is 2.34. The Morgan fingerprint density at radius 3 is 2.72 bits per heavy atom. The number of nitrogens with zero attached hydrogens (tertiary/aromatic N) is 1. The molecule has 2 N–H and O–H groups in total. The van der Waals surface area contributed by atoms with Gasteiger partial charge in [-0.2, -0.15) is 5.26 Å². The third kappa shape index (κ3) is 3.50. The minimum atomic E-state index is -3.86. The Labute approximate surface area is 106 Å². The highest BCUT2D eigenvalue weighted by Crippen LogP contribution is 2.17. The van der Waals surface area contributed by atoms with Gasteiger partial charge in [-0.1, -0.05) is 13.0 Å². The third-order valence-corrected chi connectivity index (χ3v) is 3.72. The Hall–Kier alpha value is -1.49. The molecule has 0 aliphatic carbocycles. The van der Waals surface area contributed by atoms with Crippen LogP contribution in [-0.4, -0.2) is 28.1 Å². The highest BCUT2D eigenvalue weighted by Gasteiger charge is 2.20. The lowest BCUT2D eigenvalue weighted by Gasteiger charge is -2.08. The molecule has 0 aromatic heterocycles. The van der Waals surface area contributed by atoms with Crippen molar-refractivity contribution in [1.29, 1.82) is 5.26 Å². The molecule has 0 saturated heterocycles. The SMILES string of the molecule is CCNCCNS(=O)(=O)c1cccc(F)c1C#N. The van der Waals surface area contributed by atoms with Crippen molar-refractivity contribution in [3.05, 3.63) is 29.6 Å². The zero-order chi connectivity index (χ0) is 13.6. The summed E-state index contributed by atoms with van der Waals surface area (Å²) in [4.78, 5) is -0.332. The molecule has 0 heterocycles. The van der Waals surface area contributed by atoms with E-state index in [1.807, 2.05) is 6.92 Å². The van der Waals surface area contributed by atoms with Crippen molar-refractivity contribution in [3.8, 4) is 6.07 Å². The van der Waals surface area contributed by atoms with E-state index in [2.05, 4.69) is 10.0 Å². The van der Waals surface area contributed by atoms with Crippen LogP contribution in [0.4, 0.5) is 4.39 Å². The van der Waals surface area contributed by atoms with Gasteiger partial charge in [-0.25, -0.2) is 17.5 Å². The maximum Gasteiger partial charge on any atom is 0.242 e. The average molecular weight is 271 g/mol. The number of hydrogen-bond donors (Lipinski definition) is 2. The predicted octanol–water partition coefficient (Wildman–Crippen LogP) is 0.585. The van der Waals surface area contributed by atoms with Crippen LogP contribution in [0, 0.1) is 17.1 Å². The molecule has 0 bridgehead atoms. The van der Waals surface area contributed by atoms with Crippen molar-refractivity contribution in [2.75, 3.05) is 19.6 Å². The van der Waals surface area contributed by atoms with Gasteiger partial charge in [0.1, 0.15) is 22.3 Å². The quantitative estimate of drug-likeness (QED) is 0.742. The number of likely N-dealkylation sites (N-methyl/N-ethyl adjacent to an activating group) is 1. The standard InChI is InChI=1S/C11H14FN3O2S/c1-2-14-6-7-15-18(16,17)11-5-3-4-10(12)9(11)8-13/h3-5,14-15H,2,6-7H2,1H3. The fourth-order valence-electron chi connectivity index (χ4n) is 1.37. The number of rotatable bonds is 6. The van der Waals surface area contributed by atoms with E-state index in [0.717, 1.165) is 12.6 Å². The molecule has 0 fully saturated rings. The Balaban J connectivity index is 2.93. The zero-order valence-electron chi connectivity index (χ0n) is 9.90. The lowest BCUT2D eigenvalue weighted by atomic mass is 10.2. The van der Waals surface area contributed by atoms with Gasteiger partial charge in [0.15, 0.2) is 0 Å². The van der Waals surface area contributed by atoms with E-state index in [1.165, 1.54) is 12.1 Å². The van der Waals surface area contributed by atoms with Crippen LogP contribution in [0.5, 0.6) is 0 Å². The fraction of sp³-hybridized carbons (Fsp3) is 0.364. The van der Waals surface area contributed by atoms with Gasteiger partial charge in [0.2, 0.25) is 10.0 Å². The maximum absolute atomic E-state index is 13.3. The summed E-state index contributed by atoms with van der Waals surface area (Å²) >= 11 is 0. The van der Waals surface area contributed by atoms with Crippen molar-refractivity contribution in [1.82, 2.24) is 10.0 Å². The van der Waals surface area contributed by atoms with Crippen molar-refractivity contribution in [2.45, 2.75) is 11.8 Å². The molecule has 5 nitrogen and oxygen atoms in total. The molecular formula is C11H14FN3O2S. The van der Waals surface area contributed by atoms with Gasteiger partial charge in [0.05, 0.1) is 0 Å². The van der Waals surface area contributed by atoms with Gasteiger partial charge >= 0.3 is 0 Å². The van der Waals surface area contributed by atoms with Crippen LogP contribution in [0.3, 0.4) is 0 Å². The Kier molecular flexibility index (Phi) is 5.22. The topological polar surface area (TPSA) is 82.0 Å². The van der Waals surface area contributed by atoms with Gasteiger partial charge < -0.3 is 5.32 Å². The second-order valence-corrected chi connectivity index (χ2v) is 5.21. The molecule has 0 radical (unpaired) electrons. The molecule has 98 valence electrons. The lowest BCUT2D eigenvalue weighted by molar-refractivity contribution is 0.573. The molecule has 0 saturated carbocycles. The Morgan fingerprint density at radius 2 is 2.11 bits per heavy atom. The monoisotopic (exact) mass is 271 g/mol.